The molecule has 0 unspecified atom stereocenters. The first kappa shape index (κ1) is 13.8. The molecule has 2 aromatic carbocycles. The Morgan fingerprint density at radius 2 is 1.95 bits per heavy atom. The van der Waals surface area contributed by atoms with Gasteiger partial charge in [0.2, 0.25) is 5.75 Å². The summed E-state index contributed by atoms with van der Waals surface area (Å²) in [7, 11) is 0. The number of para-hydroxylation sites is 2. The number of benzene rings is 2. The van der Waals surface area contributed by atoms with Crippen molar-refractivity contribution >= 4 is 23.1 Å². The molecule has 0 spiro atoms. The van der Waals surface area contributed by atoms with Crippen LogP contribution in [0.3, 0.4) is 0 Å². The van der Waals surface area contributed by atoms with E-state index in [0.717, 1.165) is 0 Å². The number of nitro groups is 1. The van der Waals surface area contributed by atoms with E-state index < -0.39 is 4.92 Å². The molecule has 0 radical (unpaired) electrons. The van der Waals surface area contributed by atoms with Crippen molar-refractivity contribution in [1.29, 1.82) is 5.41 Å². The highest BCUT2D eigenvalue weighted by molar-refractivity contribution is 6.31. The predicted molar refractivity (Wildman–Crippen MR) is 75.6 cm³/mol. The zero-order valence-electron chi connectivity index (χ0n) is 10.2. The van der Waals surface area contributed by atoms with Crippen LogP contribution in [0.4, 0.5) is 5.69 Å². The Labute approximate surface area is 119 Å². The minimum absolute atomic E-state index is 0.0716. The number of hydrogen-bond acceptors (Lipinski definition) is 4. The van der Waals surface area contributed by atoms with E-state index in [9.17, 15) is 10.1 Å². The summed E-state index contributed by atoms with van der Waals surface area (Å²) in [5.41, 5.74) is 5.55. The number of halogens is 1. The number of nitrogens with one attached hydrogen (secondary N) is 1. The summed E-state index contributed by atoms with van der Waals surface area (Å²) in [4.78, 5) is 10.4. The molecule has 102 valence electrons. The zero-order valence-corrected chi connectivity index (χ0v) is 10.9. The number of hydrogen-bond donors (Lipinski definition) is 2. The Morgan fingerprint density at radius 1 is 1.25 bits per heavy atom. The molecule has 0 aliphatic heterocycles. The van der Waals surface area contributed by atoms with E-state index in [1.807, 2.05) is 0 Å². The third kappa shape index (κ3) is 2.86. The maximum Gasteiger partial charge on any atom is 0.311 e. The zero-order chi connectivity index (χ0) is 14.7. The topological polar surface area (TPSA) is 102 Å². The second-order valence-electron chi connectivity index (χ2n) is 3.88. The Hall–Kier alpha value is -2.60. The van der Waals surface area contributed by atoms with Gasteiger partial charge < -0.3 is 10.5 Å². The number of ether oxygens (including phenoxy) is 1. The summed E-state index contributed by atoms with van der Waals surface area (Å²) in [5.74, 6) is 0.0691. The maximum atomic E-state index is 10.9. The van der Waals surface area contributed by atoms with Crippen LogP contribution in [0.15, 0.2) is 42.5 Å². The van der Waals surface area contributed by atoms with Crippen molar-refractivity contribution in [2.75, 3.05) is 0 Å². The van der Waals surface area contributed by atoms with Gasteiger partial charge in [0.1, 0.15) is 11.6 Å². The molecule has 0 aliphatic carbocycles. The summed E-state index contributed by atoms with van der Waals surface area (Å²) < 4.78 is 5.50. The number of nitrogen functional groups attached to an aromatic ring is 1. The number of rotatable bonds is 4. The molecule has 0 atom stereocenters. The Kier molecular flexibility index (Phi) is 3.86. The molecule has 0 saturated carbocycles. The fourth-order valence-corrected chi connectivity index (χ4v) is 1.79. The van der Waals surface area contributed by atoms with E-state index in [-0.39, 0.29) is 28.6 Å². The number of amidine groups is 1. The summed E-state index contributed by atoms with van der Waals surface area (Å²) in [6.45, 7) is 0. The van der Waals surface area contributed by atoms with E-state index in [0.29, 0.717) is 5.02 Å². The Bertz CT molecular complexity index is 688. The molecule has 0 bridgehead atoms. The first-order valence-corrected chi connectivity index (χ1v) is 5.92. The van der Waals surface area contributed by atoms with Crippen molar-refractivity contribution in [1.82, 2.24) is 0 Å². The van der Waals surface area contributed by atoms with Crippen molar-refractivity contribution in [3.05, 3.63) is 63.2 Å². The lowest BCUT2D eigenvalue weighted by Gasteiger charge is -2.10. The van der Waals surface area contributed by atoms with E-state index in [1.165, 1.54) is 24.3 Å². The largest absolute Gasteiger partial charge is 0.449 e. The van der Waals surface area contributed by atoms with Gasteiger partial charge in [0.25, 0.3) is 0 Å². The van der Waals surface area contributed by atoms with Crippen molar-refractivity contribution in [2.45, 2.75) is 0 Å². The van der Waals surface area contributed by atoms with Gasteiger partial charge in [0.15, 0.2) is 0 Å². The van der Waals surface area contributed by atoms with Crippen LogP contribution in [0, 0.1) is 15.5 Å². The summed E-state index contributed by atoms with van der Waals surface area (Å²) >= 11 is 5.83. The van der Waals surface area contributed by atoms with Crippen molar-refractivity contribution in [2.24, 2.45) is 5.73 Å². The van der Waals surface area contributed by atoms with Crippen LogP contribution < -0.4 is 10.5 Å². The van der Waals surface area contributed by atoms with Gasteiger partial charge in [-0.15, -0.1) is 0 Å². The van der Waals surface area contributed by atoms with Gasteiger partial charge >= 0.3 is 5.69 Å². The minimum atomic E-state index is -0.543. The quantitative estimate of drug-likeness (QED) is 0.390. The van der Waals surface area contributed by atoms with E-state index >= 15 is 0 Å². The summed E-state index contributed by atoms with van der Waals surface area (Å²) in [5, 5.41) is 18.8. The molecule has 2 rings (SSSR count). The Morgan fingerprint density at radius 3 is 2.60 bits per heavy atom. The lowest BCUT2D eigenvalue weighted by molar-refractivity contribution is -0.385. The van der Waals surface area contributed by atoms with Crippen LogP contribution in [-0.2, 0) is 0 Å². The third-order valence-corrected chi connectivity index (χ3v) is 2.75. The highest BCUT2D eigenvalue weighted by atomic mass is 35.5. The normalized spacial score (nSPS) is 10.1. The van der Waals surface area contributed by atoms with Crippen molar-refractivity contribution < 1.29 is 9.66 Å². The van der Waals surface area contributed by atoms with Crippen LogP contribution in [0.25, 0.3) is 0 Å². The molecule has 0 saturated heterocycles. The fraction of sp³-hybridized carbons (Fsp3) is 0. The molecule has 20 heavy (non-hydrogen) atoms. The SMILES string of the molecule is N=C(N)c1cc(Cl)ccc1Oc1ccccc1[N+](=O)[O-]. The van der Waals surface area contributed by atoms with Gasteiger partial charge in [0, 0.05) is 11.1 Å². The van der Waals surface area contributed by atoms with E-state index in [2.05, 4.69) is 0 Å². The van der Waals surface area contributed by atoms with Gasteiger partial charge in [-0.05, 0) is 24.3 Å². The van der Waals surface area contributed by atoms with Crippen LogP contribution >= 0.6 is 11.6 Å². The maximum absolute atomic E-state index is 10.9. The Balaban J connectivity index is 2.45. The second kappa shape index (κ2) is 5.58. The molecular formula is C13H10ClN3O3. The lowest BCUT2D eigenvalue weighted by Crippen LogP contribution is -2.12. The summed E-state index contributed by atoms with van der Waals surface area (Å²) in [6.07, 6.45) is 0. The van der Waals surface area contributed by atoms with Crippen LogP contribution in [0.5, 0.6) is 11.5 Å². The van der Waals surface area contributed by atoms with E-state index in [4.69, 9.17) is 27.5 Å². The highest BCUT2D eigenvalue weighted by Gasteiger charge is 2.16. The molecule has 0 aliphatic rings. The summed E-state index contributed by atoms with van der Waals surface area (Å²) in [6, 6.07) is 10.5. The number of nitrogens with zero attached hydrogens (tertiary/aromatic N) is 1. The molecule has 0 heterocycles. The molecule has 0 amide bonds. The molecule has 0 fully saturated rings. The first-order chi connectivity index (χ1) is 9.49. The average molecular weight is 292 g/mol. The lowest BCUT2D eigenvalue weighted by atomic mass is 10.2. The molecule has 0 aromatic heterocycles. The highest BCUT2D eigenvalue weighted by Crippen LogP contribution is 2.33. The number of nitrogens with two attached hydrogens (primary N) is 1. The third-order valence-electron chi connectivity index (χ3n) is 2.51. The van der Waals surface area contributed by atoms with Gasteiger partial charge in [0.05, 0.1) is 10.5 Å². The first-order valence-electron chi connectivity index (χ1n) is 5.54. The van der Waals surface area contributed by atoms with Crippen LogP contribution in [0.1, 0.15) is 5.56 Å². The fourth-order valence-electron chi connectivity index (χ4n) is 1.61. The molecule has 2 aromatic rings. The van der Waals surface area contributed by atoms with Crippen molar-refractivity contribution in [3.8, 4) is 11.5 Å². The molecule has 6 nitrogen and oxygen atoms in total. The average Bonchev–Trinajstić information content (AvgIpc) is 2.41. The van der Waals surface area contributed by atoms with Gasteiger partial charge in [-0.1, -0.05) is 23.7 Å². The second-order valence-corrected chi connectivity index (χ2v) is 4.32. The van der Waals surface area contributed by atoms with Gasteiger partial charge in [-0.25, -0.2) is 0 Å². The van der Waals surface area contributed by atoms with Crippen molar-refractivity contribution in [3.63, 3.8) is 0 Å². The smallest absolute Gasteiger partial charge is 0.311 e. The standard InChI is InChI=1S/C13H10ClN3O3/c14-8-5-6-11(9(7-8)13(15)16)20-12-4-2-1-3-10(12)17(18)19/h1-7H,(H3,15,16). The molecule has 7 heteroatoms. The monoisotopic (exact) mass is 291 g/mol. The van der Waals surface area contributed by atoms with Gasteiger partial charge in [-0.2, -0.15) is 0 Å². The minimum Gasteiger partial charge on any atom is -0.449 e. The van der Waals surface area contributed by atoms with Crippen LogP contribution in [0.2, 0.25) is 5.02 Å². The molecule has 3 N–H and O–H groups in total. The van der Waals surface area contributed by atoms with Crippen LogP contribution in [-0.4, -0.2) is 10.8 Å². The predicted octanol–water partition coefficient (Wildman–Crippen LogP) is 3.32. The van der Waals surface area contributed by atoms with E-state index in [1.54, 1.807) is 18.2 Å². The van der Waals surface area contributed by atoms with Gasteiger partial charge in [-0.3, -0.25) is 15.5 Å². The number of nitro benzene ring substituents is 1. The molecular weight excluding hydrogens is 282 g/mol.